The Morgan fingerprint density at radius 2 is 1.67 bits per heavy atom. The van der Waals surface area contributed by atoms with Gasteiger partial charge in [-0.05, 0) is 60.9 Å². The predicted octanol–water partition coefficient (Wildman–Crippen LogP) is 7.02. The Kier molecular flexibility index (Phi) is 6.58. The molecular weight excluding hydrogens is 622 g/mol. The Hall–Kier alpha value is -3.83. The highest BCUT2D eigenvalue weighted by Gasteiger charge is 2.70. The number of aromatic amines is 1. The number of para-hydroxylation sites is 1. The van der Waals surface area contributed by atoms with Gasteiger partial charge in [-0.25, -0.2) is 0 Å². The summed E-state index contributed by atoms with van der Waals surface area (Å²) in [5.74, 6) is -2.04. The van der Waals surface area contributed by atoms with E-state index in [9.17, 15) is 27.6 Å². The van der Waals surface area contributed by atoms with Gasteiger partial charge in [0.05, 0.1) is 28.1 Å². The quantitative estimate of drug-likeness (QED) is 0.236. The van der Waals surface area contributed by atoms with Gasteiger partial charge < -0.3 is 9.72 Å². The monoisotopic (exact) mass is 648 g/mol. The van der Waals surface area contributed by atoms with E-state index in [0.29, 0.717) is 18.8 Å². The predicted molar refractivity (Wildman–Crippen MR) is 164 cm³/mol. The van der Waals surface area contributed by atoms with E-state index in [1.807, 2.05) is 55.5 Å². The number of imide groups is 1. The van der Waals surface area contributed by atoms with Crippen molar-refractivity contribution in [3.63, 3.8) is 0 Å². The second-order valence-electron chi connectivity index (χ2n) is 12.3. The molecule has 0 radical (unpaired) electrons. The van der Waals surface area contributed by atoms with Crippen LogP contribution in [-0.2, 0) is 22.4 Å². The van der Waals surface area contributed by atoms with E-state index in [2.05, 4.69) is 4.98 Å². The number of anilines is 1. The Labute approximate surface area is 264 Å². The SMILES string of the molecule is Cc1ccc(COc2ccccc2[C@@H]2c3sc(=O)[nH]c3S[C@@H]3[C@@H]4C[C@@H]([C@@H]5C(=O)N(c6cccc(C(F)(F)F)c6)C(=O)[C@@H]45)[C@@H]23)cc1. The molecule has 230 valence electrons. The number of ether oxygens (including phenoxy) is 1. The number of thiazole rings is 1. The van der Waals surface area contributed by atoms with Crippen LogP contribution in [0.3, 0.4) is 0 Å². The summed E-state index contributed by atoms with van der Waals surface area (Å²) in [6.45, 7) is 2.39. The van der Waals surface area contributed by atoms with E-state index in [4.69, 9.17) is 4.74 Å². The molecule has 3 fully saturated rings. The van der Waals surface area contributed by atoms with Crippen LogP contribution in [0, 0.1) is 36.5 Å². The number of alkyl halides is 3. The van der Waals surface area contributed by atoms with Gasteiger partial charge in [0, 0.05) is 21.6 Å². The number of aromatic nitrogens is 1. The summed E-state index contributed by atoms with van der Waals surface area (Å²) in [6, 6.07) is 20.3. The third-order valence-corrected chi connectivity index (χ3v) is 12.5. The molecular formula is C34H27F3N2O4S2. The van der Waals surface area contributed by atoms with Crippen LogP contribution < -0.4 is 14.5 Å². The number of hydrogen-bond acceptors (Lipinski definition) is 6. The van der Waals surface area contributed by atoms with Gasteiger partial charge in [0.15, 0.2) is 0 Å². The van der Waals surface area contributed by atoms with Crippen molar-refractivity contribution in [2.45, 2.75) is 42.3 Å². The smallest absolute Gasteiger partial charge is 0.416 e. The molecule has 45 heavy (non-hydrogen) atoms. The average Bonchev–Trinajstić information content (AvgIpc) is 3.75. The van der Waals surface area contributed by atoms with Gasteiger partial charge in [-0.15, -0.1) is 11.8 Å². The number of nitrogens with zero attached hydrogens (tertiary/aromatic N) is 1. The van der Waals surface area contributed by atoms with Gasteiger partial charge in [-0.2, -0.15) is 13.2 Å². The maximum Gasteiger partial charge on any atom is 0.416 e. The van der Waals surface area contributed by atoms with Crippen LogP contribution in [0.25, 0.3) is 0 Å². The number of nitrogens with one attached hydrogen (secondary N) is 1. The van der Waals surface area contributed by atoms with E-state index >= 15 is 0 Å². The van der Waals surface area contributed by atoms with Crippen LogP contribution >= 0.6 is 23.1 Å². The number of aryl methyl sites for hydroxylation is 1. The Balaban J connectivity index is 1.17. The zero-order valence-electron chi connectivity index (χ0n) is 23.9. The summed E-state index contributed by atoms with van der Waals surface area (Å²) >= 11 is 2.73. The van der Waals surface area contributed by atoms with Gasteiger partial charge in [0.2, 0.25) is 11.8 Å². The lowest BCUT2D eigenvalue weighted by Crippen LogP contribution is -2.42. The van der Waals surface area contributed by atoms with Crippen molar-refractivity contribution in [1.82, 2.24) is 4.98 Å². The van der Waals surface area contributed by atoms with Crippen LogP contribution in [0.2, 0.25) is 0 Å². The van der Waals surface area contributed by atoms with Crippen LogP contribution in [0.15, 0.2) is 82.6 Å². The number of thioether (sulfide) groups is 1. The van der Waals surface area contributed by atoms with Crippen molar-refractivity contribution in [2.75, 3.05) is 4.90 Å². The van der Waals surface area contributed by atoms with Crippen molar-refractivity contribution in [1.29, 1.82) is 0 Å². The maximum absolute atomic E-state index is 14.0. The third-order valence-electron chi connectivity index (χ3n) is 9.92. The average molecular weight is 649 g/mol. The molecule has 4 aromatic rings. The van der Waals surface area contributed by atoms with Gasteiger partial charge in [0.25, 0.3) is 0 Å². The van der Waals surface area contributed by atoms with Gasteiger partial charge in [-0.3, -0.25) is 19.3 Å². The number of carbonyl (C=O) groups excluding carboxylic acids is 2. The lowest BCUT2D eigenvalue weighted by atomic mass is 9.68. The highest BCUT2D eigenvalue weighted by Crippen LogP contribution is 2.69. The summed E-state index contributed by atoms with van der Waals surface area (Å²) in [6.07, 6.45) is -3.92. The van der Waals surface area contributed by atoms with Crippen molar-refractivity contribution >= 4 is 40.6 Å². The Morgan fingerprint density at radius 1 is 0.933 bits per heavy atom. The normalized spacial score (nSPS) is 28.3. The summed E-state index contributed by atoms with van der Waals surface area (Å²) in [7, 11) is 0. The molecule has 2 bridgehead atoms. The second kappa shape index (κ2) is 10.3. The largest absolute Gasteiger partial charge is 0.489 e. The van der Waals surface area contributed by atoms with E-state index < -0.39 is 35.4 Å². The molecule has 1 aromatic heterocycles. The number of carbonyl (C=O) groups is 2. The molecule has 1 saturated heterocycles. The molecule has 2 aliphatic heterocycles. The van der Waals surface area contributed by atoms with Crippen LogP contribution in [0.5, 0.6) is 5.75 Å². The van der Waals surface area contributed by atoms with E-state index in [0.717, 1.165) is 43.6 Å². The lowest BCUT2D eigenvalue weighted by molar-refractivity contribution is -0.137. The molecule has 6 nitrogen and oxygen atoms in total. The number of H-pyrrole nitrogens is 1. The molecule has 2 amide bonds. The summed E-state index contributed by atoms with van der Waals surface area (Å²) in [4.78, 5) is 45.3. The second-order valence-corrected chi connectivity index (χ2v) is 14.5. The molecule has 0 spiro atoms. The Morgan fingerprint density at radius 3 is 2.42 bits per heavy atom. The maximum atomic E-state index is 14.0. The van der Waals surface area contributed by atoms with Gasteiger partial charge in [-0.1, -0.05) is 65.4 Å². The molecule has 4 aliphatic rings. The molecule has 3 heterocycles. The third kappa shape index (κ3) is 4.49. The topological polar surface area (TPSA) is 79.5 Å². The molecule has 0 unspecified atom stereocenters. The molecule has 2 saturated carbocycles. The lowest BCUT2D eigenvalue weighted by Gasteiger charge is -2.43. The molecule has 8 rings (SSSR count). The highest BCUT2D eigenvalue weighted by molar-refractivity contribution is 8.00. The first kappa shape index (κ1) is 28.6. The number of fused-ring (bicyclic) bond motifs is 9. The number of amides is 2. The fraction of sp³-hybridized carbons (Fsp3) is 0.324. The summed E-state index contributed by atoms with van der Waals surface area (Å²) in [5.41, 5.74) is 2.15. The number of benzene rings is 3. The van der Waals surface area contributed by atoms with Crippen molar-refractivity contribution in [3.8, 4) is 5.75 Å². The summed E-state index contributed by atoms with van der Waals surface area (Å²) < 4.78 is 47.0. The zero-order valence-corrected chi connectivity index (χ0v) is 25.5. The number of rotatable bonds is 5. The minimum absolute atomic E-state index is 0.0425. The Bertz CT molecular complexity index is 1900. The van der Waals surface area contributed by atoms with Crippen LogP contribution in [-0.4, -0.2) is 22.0 Å². The van der Waals surface area contributed by atoms with Crippen molar-refractivity contribution in [3.05, 3.63) is 110 Å². The standard InChI is InChI=1S/C34H27F3N2O4S2/c1-16-9-11-17(12-10-16)15-43-23-8-3-2-7-20(23)24-25-21-14-22(28(25)44-30-29(24)45-33(42)38-30)27-26(21)31(40)39(32(27)41)19-6-4-5-18(13-19)34(35,36)37/h2-13,21-22,24-28H,14-15H2,1H3,(H,38,42)/t21-,22-,24+,25+,26+,27+,28-/m1/s1. The van der Waals surface area contributed by atoms with Crippen LogP contribution in [0.4, 0.5) is 18.9 Å². The summed E-state index contributed by atoms with van der Waals surface area (Å²) in [5, 5.41) is 0.725. The highest BCUT2D eigenvalue weighted by atomic mass is 32.2. The fourth-order valence-electron chi connectivity index (χ4n) is 8.16. The van der Waals surface area contributed by atoms with Gasteiger partial charge >= 0.3 is 11.0 Å². The fourth-order valence-corrected chi connectivity index (χ4v) is 11.0. The van der Waals surface area contributed by atoms with E-state index in [1.54, 1.807) is 11.8 Å². The molecule has 11 heteroatoms. The van der Waals surface area contributed by atoms with Crippen molar-refractivity contribution < 1.29 is 27.5 Å². The number of halogens is 3. The number of hydrogen-bond donors (Lipinski definition) is 1. The molecule has 3 aromatic carbocycles. The van der Waals surface area contributed by atoms with E-state index in [-0.39, 0.29) is 39.5 Å². The first-order valence-corrected chi connectivity index (χ1v) is 16.5. The van der Waals surface area contributed by atoms with Gasteiger partial charge in [0.1, 0.15) is 12.4 Å². The molecule has 2 aliphatic carbocycles. The first-order chi connectivity index (χ1) is 21.6. The molecule has 1 N–H and O–H groups in total. The first-order valence-electron chi connectivity index (χ1n) is 14.8. The molecule has 7 atom stereocenters. The van der Waals surface area contributed by atoms with Crippen molar-refractivity contribution in [2.24, 2.45) is 29.6 Å². The van der Waals surface area contributed by atoms with Crippen LogP contribution in [0.1, 0.15) is 39.5 Å². The minimum atomic E-state index is -4.60. The van der Waals surface area contributed by atoms with E-state index in [1.165, 1.54) is 23.5 Å². The minimum Gasteiger partial charge on any atom is -0.489 e. The zero-order chi connectivity index (χ0) is 31.2.